The number of methoxy groups -OCH3 is 1. The van der Waals surface area contributed by atoms with Crippen LogP contribution in [0.1, 0.15) is 17.2 Å². The summed E-state index contributed by atoms with van der Waals surface area (Å²) in [5.41, 5.74) is 2.04. The summed E-state index contributed by atoms with van der Waals surface area (Å²) in [7, 11) is 1.62. The van der Waals surface area contributed by atoms with Crippen molar-refractivity contribution in [2.75, 3.05) is 43.1 Å². The van der Waals surface area contributed by atoms with Crippen LogP contribution in [-0.2, 0) is 11.3 Å². The van der Waals surface area contributed by atoms with E-state index in [2.05, 4.69) is 35.0 Å². The number of ether oxygens (including phenoxy) is 1. The lowest BCUT2D eigenvalue weighted by Gasteiger charge is -2.21. The summed E-state index contributed by atoms with van der Waals surface area (Å²) in [4.78, 5) is 17.9. The average molecular weight is 396 g/mol. The molecule has 2 aliphatic heterocycles. The molecule has 2 saturated heterocycles. The minimum absolute atomic E-state index is 0.364. The molecule has 152 valence electrons. The van der Waals surface area contributed by atoms with Gasteiger partial charge in [-0.15, -0.1) is 0 Å². The van der Waals surface area contributed by atoms with Gasteiger partial charge in [0, 0.05) is 56.9 Å². The van der Waals surface area contributed by atoms with Gasteiger partial charge in [-0.1, -0.05) is 5.16 Å². The van der Waals surface area contributed by atoms with Crippen LogP contribution in [0, 0.1) is 25.7 Å². The van der Waals surface area contributed by atoms with E-state index in [-0.39, 0.29) is 0 Å². The minimum atomic E-state index is 0.364. The first-order valence-corrected chi connectivity index (χ1v) is 9.78. The van der Waals surface area contributed by atoms with Gasteiger partial charge in [-0.25, -0.2) is 14.6 Å². The fraction of sp³-hybridized carbons (Fsp3) is 0.526. The molecule has 29 heavy (non-hydrogen) atoms. The summed E-state index contributed by atoms with van der Waals surface area (Å²) in [6, 6.07) is 4.66. The van der Waals surface area contributed by atoms with Crippen molar-refractivity contribution in [3.05, 3.63) is 35.7 Å². The molecular weight excluding hydrogens is 372 g/mol. The molecule has 0 aliphatic carbocycles. The molecule has 0 aromatic carbocycles. The standard InChI is InChI=1S/C19H24N8O2/c1-12-4-13(2)27(23-12)18-5-17(20-11-21-18)25-6-14-8-26(9-15(14)7-25)19-22-16(10-28-3)24-29-19/h4-5,11,14-15H,6-10H2,1-3H3. The molecule has 0 bridgehead atoms. The normalized spacial score (nSPS) is 21.2. The summed E-state index contributed by atoms with van der Waals surface area (Å²) < 4.78 is 12.3. The summed E-state index contributed by atoms with van der Waals surface area (Å²) in [6.07, 6.45) is 1.62. The van der Waals surface area contributed by atoms with Crippen molar-refractivity contribution in [3.8, 4) is 5.82 Å². The molecule has 0 spiro atoms. The summed E-state index contributed by atoms with van der Waals surface area (Å²) >= 11 is 0. The largest absolute Gasteiger partial charge is 0.377 e. The zero-order chi connectivity index (χ0) is 20.0. The highest BCUT2D eigenvalue weighted by molar-refractivity contribution is 5.46. The van der Waals surface area contributed by atoms with Crippen LogP contribution in [0.25, 0.3) is 5.82 Å². The Morgan fingerprint density at radius 2 is 1.76 bits per heavy atom. The summed E-state index contributed by atoms with van der Waals surface area (Å²) in [6.45, 7) is 8.11. The van der Waals surface area contributed by atoms with Gasteiger partial charge >= 0.3 is 6.01 Å². The van der Waals surface area contributed by atoms with Gasteiger partial charge in [0.1, 0.15) is 18.8 Å². The Morgan fingerprint density at radius 3 is 2.45 bits per heavy atom. The van der Waals surface area contributed by atoms with E-state index in [0.717, 1.165) is 49.2 Å². The lowest BCUT2D eigenvalue weighted by molar-refractivity contribution is 0.174. The van der Waals surface area contributed by atoms with Crippen molar-refractivity contribution in [3.63, 3.8) is 0 Å². The van der Waals surface area contributed by atoms with E-state index in [1.807, 2.05) is 30.7 Å². The molecule has 0 amide bonds. The maximum Gasteiger partial charge on any atom is 0.324 e. The van der Waals surface area contributed by atoms with Crippen molar-refractivity contribution in [1.82, 2.24) is 29.9 Å². The number of fused-ring (bicyclic) bond motifs is 1. The molecule has 0 saturated carbocycles. The van der Waals surface area contributed by atoms with Crippen LogP contribution >= 0.6 is 0 Å². The third kappa shape index (κ3) is 3.33. The van der Waals surface area contributed by atoms with Crippen LogP contribution in [0.5, 0.6) is 0 Å². The van der Waals surface area contributed by atoms with E-state index in [0.29, 0.717) is 30.3 Å². The Balaban J connectivity index is 1.28. The van der Waals surface area contributed by atoms with E-state index < -0.39 is 0 Å². The number of aromatic nitrogens is 6. The highest BCUT2D eigenvalue weighted by atomic mass is 16.5. The highest BCUT2D eigenvalue weighted by Gasteiger charge is 2.42. The van der Waals surface area contributed by atoms with E-state index in [9.17, 15) is 0 Å². The quantitative estimate of drug-likeness (QED) is 0.633. The molecule has 10 nitrogen and oxygen atoms in total. The van der Waals surface area contributed by atoms with Gasteiger partial charge < -0.3 is 19.1 Å². The third-order valence-corrected chi connectivity index (χ3v) is 5.68. The van der Waals surface area contributed by atoms with Crippen molar-refractivity contribution in [2.24, 2.45) is 11.8 Å². The third-order valence-electron chi connectivity index (χ3n) is 5.68. The van der Waals surface area contributed by atoms with Crippen LogP contribution in [0.15, 0.2) is 23.0 Å². The van der Waals surface area contributed by atoms with Crippen molar-refractivity contribution in [2.45, 2.75) is 20.5 Å². The Kier molecular flexibility index (Phi) is 4.42. The second-order valence-corrected chi connectivity index (χ2v) is 7.83. The minimum Gasteiger partial charge on any atom is -0.377 e. The molecule has 5 rings (SSSR count). The van der Waals surface area contributed by atoms with Gasteiger partial charge in [-0.3, -0.25) is 0 Å². The van der Waals surface area contributed by atoms with Gasteiger partial charge in [-0.05, 0) is 19.9 Å². The van der Waals surface area contributed by atoms with E-state index in [1.165, 1.54) is 0 Å². The molecule has 2 aliphatic rings. The monoisotopic (exact) mass is 396 g/mol. The van der Waals surface area contributed by atoms with Gasteiger partial charge in [0.05, 0.1) is 5.69 Å². The Labute approximate surface area is 168 Å². The molecule has 2 atom stereocenters. The second-order valence-electron chi connectivity index (χ2n) is 7.83. The van der Waals surface area contributed by atoms with Crippen LogP contribution in [0.4, 0.5) is 11.8 Å². The number of anilines is 2. The molecular formula is C19H24N8O2. The summed E-state index contributed by atoms with van der Waals surface area (Å²) in [5.74, 6) is 3.41. The molecule has 3 aromatic heterocycles. The zero-order valence-electron chi connectivity index (χ0n) is 16.8. The fourth-order valence-corrected chi connectivity index (χ4v) is 4.38. The average Bonchev–Trinajstić information content (AvgIpc) is 3.45. The lowest BCUT2D eigenvalue weighted by Crippen LogP contribution is -2.29. The van der Waals surface area contributed by atoms with Crippen LogP contribution in [0.2, 0.25) is 0 Å². The smallest absolute Gasteiger partial charge is 0.324 e. The van der Waals surface area contributed by atoms with Crippen molar-refractivity contribution >= 4 is 11.8 Å². The first kappa shape index (κ1) is 18.0. The SMILES string of the molecule is COCc1noc(N2CC3CN(c4cc(-n5nc(C)cc5C)ncn4)CC3C2)n1. The molecule has 5 heterocycles. The van der Waals surface area contributed by atoms with Crippen LogP contribution in [0.3, 0.4) is 0 Å². The predicted octanol–water partition coefficient (Wildman–Crippen LogP) is 1.38. The highest BCUT2D eigenvalue weighted by Crippen LogP contribution is 2.35. The van der Waals surface area contributed by atoms with Crippen LogP contribution in [-0.4, -0.2) is 63.2 Å². The number of rotatable bonds is 5. The second kappa shape index (κ2) is 7.11. The Morgan fingerprint density at radius 1 is 1.03 bits per heavy atom. The van der Waals surface area contributed by atoms with Gasteiger partial charge in [0.25, 0.3) is 0 Å². The predicted molar refractivity (Wildman–Crippen MR) is 105 cm³/mol. The first-order chi connectivity index (χ1) is 14.1. The number of hydrogen-bond donors (Lipinski definition) is 0. The number of hydrogen-bond acceptors (Lipinski definition) is 9. The van der Waals surface area contributed by atoms with Gasteiger partial charge in [0.2, 0.25) is 0 Å². The van der Waals surface area contributed by atoms with Gasteiger partial charge in [0.15, 0.2) is 11.6 Å². The fourth-order valence-electron chi connectivity index (χ4n) is 4.38. The number of nitrogens with zero attached hydrogens (tertiary/aromatic N) is 8. The maximum absolute atomic E-state index is 5.40. The Bertz CT molecular complexity index is 1000. The first-order valence-electron chi connectivity index (χ1n) is 9.78. The molecule has 0 radical (unpaired) electrons. The molecule has 2 unspecified atom stereocenters. The topological polar surface area (TPSA) is 98.2 Å². The molecule has 10 heteroatoms. The van der Waals surface area contributed by atoms with Crippen LogP contribution < -0.4 is 9.80 Å². The van der Waals surface area contributed by atoms with Crippen molar-refractivity contribution < 1.29 is 9.26 Å². The number of aryl methyl sites for hydroxylation is 2. The zero-order valence-corrected chi connectivity index (χ0v) is 16.8. The maximum atomic E-state index is 5.40. The van der Waals surface area contributed by atoms with E-state index in [1.54, 1.807) is 13.4 Å². The van der Waals surface area contributed by atoms with E-state index >= 15 is 0 Å². The Hall–Kier alpha value is -3.01. The summed E-state index contributed by atoms with van der Waals surface area (Å²) in [5, 5.41) is 8.50. The van der Waals surface area contributed by atoms with Crippen molar-refractivity contribution in [1.29, 1.82) is 0 Å². The van der Waals surface area contributed by atoms with Gasteiger partial charge in [-0.2, -0.15) is 10.1 Å². The molecule has 0 N–H and O–H groups in total. The molecule has 2 fully saturated rings. The lowest BCUT2D eigenvalue weighted by atomic mass is 10.0. The van der Waals surface area contributed by atoms with E-state index in [4.69, 9.17) is 9.26 Å². The molecule has 3 aromatic rings.